The van der Waals surface area contributed by atoms with Gasteiger partial charge in [0.05, 0.1) is 13.2 Å². The zero-order valence-electron chi connectivity index (χ0n) is 19.6. The lowest BCUT2D eigenvalue weighted by Gasteiger charge is -2.38. The average molecular weight is 440 g/mol. The Morgan fingerprint density at radius 1 is 0.935 bits per heavy atom. The van der Waals surface area contributed by atoms with Crippen LogP contribution in [0.25, 0.3) is 0 Å². The Labute approximate surface area is 187 Å². The number of hydrogen-bond acceptors (Lipinski definition) is 8. The first-order valence-corrected chi connectivity index (χ1v) is 12.0. The summed E-state index contributed by atoms with van der Waals surface area (Å²) < 4.78 is 10.5. The first-order chi connectivity index (χ1) is 15.0. The number of cyclic esters (lactones) is 1. The van der Waals surface area contributed by atoms with Gasteiger partial charge in [-0.3, -0.25) is 9.69 Å². The van der Waals surface area contributed by atoms with Gasteiger partial charge in [-0.1, -0.05) is 6.92 Å². The van der Waals surface area contributed by atoms with Crippen molar-refractivity contribution in [3.8, 4) is 0 Å². The van der Waals surface area contributed by atoms with Crippen LogP contribution in [0.4, 0.5) is 4.79 Å². The molecule has 3 aliphatic heterocycles. The highest BCUT2D eigenvalue weighted by atomic mass is 16.6. The van der Waals surface area contributed by atoms with Gasteiger partial charge < -0.3 is 29.1 Å². The molecule has 0 aromatic heterocycles. The fraction of sp³-hybridized carbons (Fsp3) is 0.909. The van der Waals surface area contributed by atoms with Crippen LogP contribution in [0.2, 0.25) is 0 Å². The first kappa shape index (κ1) is 24.2. The van der Waals surface area contributed by atoms with E-state index in [-0.39, 0.29) is 24.3 Å². The Balaban J connectivity index is 1.35. The maximum absolute atomic E-state index is 12.5. The van der Waals surface area contributed by atoms with Crippen LogP contribution in [-0.4, -0.2) is 134 Å². The highest BCUT2D eigenvalue weighted by Gasteiger charge is 2.42. The number of hydrogen-bond donors (Lipinski definition) is 0. The lowest BCUT2D eigenvalue weighted by atomic mass is 10.2. The molecular weight excluding hydrogens is 398 g/mol. The maximum Gasteiger partial charge on any atom is 0.411 e. The van der Waals surface area contributed by atoms with Crippen LogP contribution in [0.5, 0.6) is 0 Å². The number of piperazine rings is 2. The van der Waals surface area contributed by atoms with Crippen LogP contribution in [-0.2, 0) is 14.3 Å². The molecule has 0 aromatic carbocycles. The average Bonchev–Trinajstić information content (AvgIpc) is 3.08. The summed E-state index contributed by atoms with van der Waals surface area (Å²) in [6.45, 7) is 16.4. The standard InChI is InChI=1S/C22H41N5O4/c1-4-23-11-13-25(14-12-23)9-6-10-27-19(2)21(31-22(27)29)26-17-15-24(16-18-26)8-5-7-20(28)30-3/h19,21H,4-18H2,1-3H3. The van der Waals surface area contributed by atoms with Crippen LogP contribution in [0.15, 0.2) is 0 Å². The predicted octanol–water partition coefficient (Wildman–Crippen LogP) is 0.752. The van der Waals surface area contributed by atoms with Crippen LogP contribution >= 0.6 is 0 Å². The number of esters is 1. The van der Waals surface area contributed by atoms with Crippen molar-refractivity contribution in [2.45, 2.75) is 45.4 Å². The lowest BCUT2D eigenvalue weighted by Crippen LogP contribution is -2.53. The number of amides is 1. The zero-order chi connectivity index (χ0) is 22.2. The minimum absolute atomic E-state index is 0.0790. The highest BCUT2D eigenvalue weighted by Crippen LogP contribution is 2.24. The van der Waals surface area contributed by atoms with Gasteiger partial charge in [0.25, 0.3) is 0 Å². The van der Waals surface area contributed by atoms with Crippen molar-refractivity contribution in [2.24, 2.45) is 0 Å². The molecular formula is C22H41N5O4. The van der Waals surface area contributed by atoms with Crippen LogP contribution < -0.4 is 0 Å². The number of methoxy groups -OCH3 is 1. The molecule has 0 aliphatic carbocycles. The third kappa shape index (κ3) is 6.78. The van der Waals surface area contributed by atoms with Crippen molar-refractivity contribution in [1.82, 2.24) is 24.5 Å². The number of carbonyl (C=O) groups is 2. The van der Waals surface area contributed by atoms with Crippen molar-refractivity contribution in [1.29, 1.82) is 0 Å². The molecule has 0 aromatic rings. The van der Waals surface area contributed by atoms with E-state index in [2.05, 4.69) is 33.4 Å². The Morgan fingerprint density at radius 3 is 2.13 bits per heavy atom. The number of carbonyl (C=O) groups excluding carboxylic acids is 2. The molecule has 3 heterocycles. The minimum Gasteiger partial charge on any atom is -0.469 e. The molecule has 0 spiro atoms. The number of ether oxygens (including phenoxy) is 2. The summed E-state index contributed by atoms with van der Waals surface area (Å²) in [4.78, 5) is 35.3. The lowest BCUT2D eigenvalue weighted by molar-refractivity contribution is -0.140. The predicted molar refractivity (Wildman–Crippen MR) is 119 cm³/mol. The van der Waals surface area contributed by atoms with Crippen LogP contribution in [0.1, 0.15) is 33.1 Å². The number of rotatable bonds is 10. The second kappa shape index (κ2) is 12.0. The molecule has 0 saturated carbocycles. The monoisotopic (exact) mass is 439 g/mol. The molecule has 2 unspecified atom stereocenters. The van der Waals surface area contributed by atoms with Crippen molar-refractivity contribution in [3.63, 3.8) is 0 Å². The fourth-order valence-corrected chi connectivity index (χ4v) is 4.85. The molecule has 31 heavy (non-hydrogen) atoms. The molecule has 1 amide bonds. The SMILES string of the molecule is CCN1CCN(CCCN2C(=O)OC(N3CCN(CCCC(=O)OC)CC3)C2C)CC1. The Hall–Kier alpha value is -1.42. The van der Waals surface area contributed by atoms with Crippen LogP contribution in [0.3, 0.4) is 0 Å². The van der Waals surface area contributed by atoms with Gasteiger partial charge in [-0.05, 0) is 39.4 Å². The Kier molecular flexibility index (Phi) is 9.37. The molecule has 3 fully saturated rings. The summed E-state index contributed by atoms with van der Waals surface area (Å²) in [6, 6.07) is 0.0790. The third-order valence-electron chi connectivity index (χ3n) is 7.00. The molecule has 3 aliphatic rings. The van der Waals surface area contributed by atoms with Gasteiger partial charge in [0.15, 0.2) is 6.23 Å². The summed E-state index contributed by atoms with van der Waals surface area (Å²) in [5, 5.41) is 0. The van der Waals surface area contributed by atoms with E-state index >= 15 is 0 Å². The van der Waals surface area contributed by atoms with Crippen molar-refractivity contribution in [2.75, 3.05) is 85.6 Å². The van der Waals surface area contributed by atoms with Gasteiger partial charge in [-0.2, -0.15) is 0 Å². The highest BCUT2D eigenvalue weighted by molar-refractivity contribution is 5.70. The Bertz CT molecular complexity index is 576. The topological polar surface area (TPSA) is 68.8 Å². The molecule has 3 rings (SSSR count). The molecule has 0 N–H and O–H groups in total. The molecule has 9 nitrogen and oxygen atoms in total. The van der Waals surface area contributed by atoms with E-state index in [1.54, 1.807) is 0 Å². The van der Waals surface area contributed by atoms with Gasteiger partial charge in [0.1, 0.15) is 0 Å². The largest absolute Gasteiger partial charge is 0.469 e. The van der Waals surface area contributed by atoms with E-state index in [1.807, 2.05) is 4.90 Å². The van der Waals surface area contributed by atoms with E-state index < -0.39 is 0 Å². The van der Waals surface area contributed by atoms with Crippen molar-refractivity contribution in [3.05, 3.63) is 0 Å². The molecule has 2 atom stereocenters. The Morgan fingerprint density at radius 2 is 1.52 bits per heavy atom. The van der Waals surface area contributed by atoms with E-state index in [4.69, 9.17) is 9.47 Å². The van der Waals surface area contributed by atoms with E-state index in [9.17, 15) is 9.59 Å². The molecule has 0 bridgehead atoms. The van der Waals surface area contributed by atoms with Crippen molar-refractivity contribution < 1.29 is 19.1 Å². The van der Waals surface area contributed by atoms with Crippen LogP contribution in [0, 0.1) is 0 Å². The van der Waals surface area contributed by atoms with E-state index in [1.165, 1.54) is 7.11 Å². The van der Waals surface area contributed by atoms with E-state index in [0.717, 1.165) is 91.4 Å². The molecule has 0 radical (unpaired) electrons. The maximum atomic E-state index is 12.5. The number of likely N-dealkylation sites (N-methyl/N-ethyl adjacent to an activating group) is 1. The van der Waals surface area contributed by atoms with Gasteiger partial charge in [0.2, 0.25) is 0 Å². The van der Waals surface area contributed by atoms with Gasteiger partial charge in [0, 0.05) is 65.3 Å². The molecule has 178 valence electrons. The first-order valence-electron chi connectivity index (χ1n) is 12.0. The zero-order valence-corrected chi connectivity index (χ0v) is 19.6. The van der Waals surface area contributed by atoms with Crippen molar-refractivity contribution >= 4 is 12.1 Å². The summed E-state index contributed by atoms with van der Waals surface area (Å²) in [6.07, 6.45) is 1.96. The van der Waals surface area contributed by atoms with Gasteiger partial charge in [-0.15, -0.1) is 0 Å². The second-order valence-corrected chi connectivity index (χ2v) is 8.90. The number of nitrogens with zero attached hydrogens (tertiary/aromatic N) is 5. The second-order valence-electron chi connectivity index (χ2n) is 8.90. The smallest absolute Gasteiger partial charge is 0.411 e. The molecule has 9 heteroatoms. The minimum atomic E-state index is -0.172. The summed E-state index contributed by atoms with van der Waals surface area (Å²) in [5.41, 5.74) is 0. The normalized spacial score (nSPS) is 26.9. The summed E-state index contributed by atoms with van der Waals surface area (Å²) >= 11 is 0. The summed E-state index contributed by atoms with van der Waals surface area (Å²) in [7, 11) is 1.43. The molecule has 3 saturated heterocycles. The van der Waals surface area contributed by atoms with Gasteiger partial charge >= 0.3 is 12.1 Å². The van der Waals surface area contributed by atoms with E-state index in [0.29, 0.717) is 6.42 Å². The fourth-order valence-electron chi connectivity index (χ4n) is 4.85. The third-order valence-corrected chi connectivity index (χ3v) is 7.00. The summed E-state index contributed by atoms with van der Waals surface area (Å²) in [5.74, 6) is -0.145. The quantitative estimate of drug-likeness (QED) is 0.462. The van der Waals surface area contributed by atoms with Gasteiger partial charge in [-0.25, -0.2) is 4.79 Å².